The number of amides is 1. The van der Waals surface area contributed by atoms with E-state index in [1.165, 1.54) is 5.56 Å². The first-order valence-electron chi connectivity index (χ1n) is 7.77. The van der Waals surface area contributed by atoms with Gasteiger partial charge in [-0.1, -0.05) is 6.07 Å². The van der Waals surface area contributed by atoms with E-state index in [1.807, 2.05) is 23.6 Å². The van der Waals surface area contributed by atoms with Crippen LogP contribution in [0.3, 0.4) is 0 Å². The number of carbonyl (C=O) groups excluding carboxylic acids is 1. The molecule has 0 bridgehead atoms. The van der Waals surface area contributed by atoms with Crippen LogP contribution in [0.15, 0.2) is 41.2 Å². The lowest BCUT2D eigenvalue weighted by Gasteiger charge is -2.32. The molecule has 0 spiro atoms. The first-order chi connectivity index (χ1) is 11.3. The maximum Gasteiger partial charge on any atom is 0.220 e. The number of nitrogens with zero attached hydrogens (tertiary/aromatic N) is 1. The Hall–Kier alpha value is -1.92. The predicted octanol–water partition coefficient (Wildman–Crippen LogP) is 2.43. The Labute approximate surface area is 139 Å². The molecule has 0 unspecified atom stereocenters. The van der Waals surface area contributed by atoms with E-state index < -0.39 is 0 Å². The normalized spacial score (nSPS) is 20.9. The summed E-state index contributed by atoms with van der Waals surface area (Å²) >= 11 is 1.65. The molecule has 1 saturated heterocycles. The third kappa shape index (κ3) is 4.77. The molecule has 3 rings (SSSR count). The van der Waals surface area contributed by atoms with Gasteiger partial charge in [0, 0.05) is 25.1 Å². The third-order valence-corrected chi connectivity index (χ3v) is 4.50. The van der Waals surface area contributed by atoms with Crippen molar-refractivity contribution in [2.24, 2.45) is 0 Å². The van der Waals surface area contributed by atoms with Crippen molar-refractivity contribution in [3.05, 3.63) is 46.8 Å². The van der Waals surface area contributed by atoms with Crippen molar-refractivity contribution in [1.82, 2.24) is 10.3 Å². The smallest absolute Gasteiger partial charge is 0.220 e. The average molecular weight is 332 g/mol. The number of nitrogens with one attached hydrogen (secondary N) is 1. The Morgan fingerprint density at radius 1 is 1.43 bits per heavy atom. The van der Waals surface area contributed by atoms with Crippen molar-refractivity contribution in [3.63, 3.8) is 0 Å². The van der Waals surface area contributed by atoms with Gasteiger partial charge in [0.25, 0.3) is 0 Å². The lowest BCUT2D eigenvalue weighted by atomic mass is 10.1. The van der Waals surface area contributed by atoms with Gasteiger partial charge in [-0.2, -0.15) is 11.3 Å². The van der Waals surface area contributed by atoms with E-state index in [4.69, 9.17) is 9.47 Å². The highest BCUT2D eigenvalue weighted by Crippen LogP contribution is 2.16. The van der Waals surface area contributed by atoms with Gasteiger partial charge >= 0.3 is 0 Å². The van der Waals surface area contributed by atoms with Crippen molar-refractivity contribution >= 4 is 17.2 Å². The zero-order valence-electron chi connectivity index (χ0n) is 12.8. The second-order valence-electron chi connectivity index (χ2n) is 5.49. The minimum Gasteiger partial charge on any atom is -0.472 e. The Morgan fingerprint density at radius 2 is 2.39 bits per heavy atom. The molecule has 6 heteroatoms. The number of pyridine rings is 1. The first-order valence-corrected chi connectivity index (χ1v) is 8.71. The average Bonchev–Trinajstić information content (AvgIpc) is 3.09. The molecule has 2 atom stereocenters. The summed E-state index contributed by atoms with van der Waals surface area (Å²) < 4.78 is 11.4. The zero-order valence-corrected chi connectivity index (χ0v) is 13.6. The summed E-state index contributed by atoms with van der Waals surface area (Å²) in [4.78, 5) is 16.4. The molecular formula is C17H20N2O3S. The fraction of sp³-hybridized carbons (Fsp3) is 0.412. The summed E-state index contributed by atoms with van der Waals surface area (Å²) in [5.41, 5.74) is 1.20. The highest BCUT2D eigenvalue weighted by Gasteiger charge is 2.29. The molecule has 23 heavy (non-hydrogen) atoms. The van der Waals surface area contributed by atoms with Gasteiger partial charge in [-0.15, -0.1) is 0 Å². The SMILES string of the molecule is O=C(CCc1ccsc1)N[C@@H]1COCC[C@H]1Oc1ccccn1. The molecule has 1 amide bonds. The Kier molecular flexibility index (Phi) is 5.60. The fourth-order valence-electron chi connectivity index (χ4n) is 2.54. The molecule has 2 aromatic heterocycles. The summed E-state index contributed by atoms with van der Waals surface area (Å²) in [6.07, 6.45) is 3.57. The lowest BCUT2D eigenvalue weighted by Crippen LogP contribution is -2.51. The standard InChI is InChI=1S/C17H20N2O3S/c20-16(5-4-13-7-10-23-12-13)19-14-11-21-9-6-15(14)22-17-3-1-2-8-18-17/h1-3,7-8,10,12,14-15H,4-6,9,11H2,(H,19,20)/t14-,15-/m1/s1. The third-order valence-electron chi connectivity index (χ3n) is 3.77. The highest BCUT2D eigenvalue weighted by molar-refractivity contribution is 7.07. The van der Waals surface area contributed by atoms with Crippen LogP contribution in [0.4, 0.5) is 0 Å². The molecule has 2 aromatic rings. The van der Waals surface area contributed by atoms with Crippen LogP contribution in [-0.4, -0.2) is 36.3 Å². The van der Waals surface area contributed by atoms with Crippen molar-refractivity contribution in [1.29, 1.82) is 0 Å². The summed E-state index contributed by atoms with van der Waals surface area (Å²) in [6, 6.07) is 7.47. The van der Waals surface area contributed by atoms with E-state index in [2.05, 4.69) is 21.7 Å². The molecule has 0 aliphatic carbocycles. The topological polar surface area (TPSA) is 60.5 Å². The Morgan fingerprint density at radius 3 is 3.17 bits per heavy atom. The number of carbonyl (C=O) groups is 1. The van der Waals surface area contributed by atoms with Gasteiger partial charge in [-0.25, -0.2) is 4.98 Å². The monoisotopic (exact) mass is 332 g/mol. The summed E-state index contributed by atoms with van der Waals surface area (Å²) in [6.45, 7) is 1.11. The summed E-state index contributed by atoms with van der Waals surface area (Å²) in [5.74, 6) is 0.609. The maximum absolute atomic E-state index is 12.2. The zero-order chi connectivity index (χ0) is 15.9. The van der Waals surface area contributed by atoms with E-state index >= 15 is 0 Å². The molecule has 0 saturated carbocycles. The van der Waals surface area contributed by atoms with Gasteiger partial charge in [-0.05, 0) is 34.9 Å². The van der Waals surface area contributed by atoms with Crippen molar-refractivity contribution in [2.45, 2.75) is 31.4 Å². The van der Waals surface area contributed by atoms with Crippen LogP contribution in [0.1, 0.15) is 18.4 Å². The largest absolute Gasteiger partial charge is 0.472 e. The maximum atomic E-state index is 12.2. The summed E-state index contributed by atoms with van der Waals surface area (Å²) in [5, 5.41) is 7.14. The molecule has 0 radical (unpaired) electrons. The Bertz CT molecular complexity index is 604. The molecule has 3 heterocycles. The van der Waals surface area contributed by atoms with Crippen LogP contribution in [-0.2, 0) is 16.0 Å². The highest BCUT2D eigenvalue weighted by atomic mass is 32.1. The van der Waals surface area contributed by atoms with Crippen LogP contribution in [0, 0.1) is 0 Å². The van der Waals surface area contributed by atoms with Gasteiger partial charge in [0.2, 0.25) is 11.8 Å². The molecular weight excluding hydrogens is 312 g/mol. The number of hydrogen-bond donors (Lipinski definition) is 1. The Balaban J connectivity index is 1.52. The van der Waals surface area contributed by atoms with E-state index in [0.717, 1.165) is 12.8 Å². The molecule has 0 aromatic carbocycles. The van der Waals surface area contributed by atoms with Gasteiger partial charge in [0.05, 0.1) is 19.3 Å². The van der Waals surface area contributed by atoms with Crippen molar-refractivity contribution in [3.8, 4) is 5.88 Å². The predicted molar refractivity (Wildman–Crippen MR) is 88.7 cm³/mol. The summed E-state index contributed by atoms with van der Waals surface area (Å²) in [7, 11) is 0. The van der Waals surface area contributed by atoms with E-state index in [1.54, 1.807) is 17.5 Å². The van der Waals surface area contributed by atoms with Gasteiger partial charge in [0.15, 0.2) is 0 Å². The molecule has 1 aliphatic heterocycles. The number of hydrogen-bond acceptors (Lipinski definition) is 5. The van der Waals surface area contributed by atoms with E-state index in [9.17, 15) is 4.79 Å². The van der Waals surface area contributed by atoms with E-state index in [0.29, 0.717) is 25.5 Å². The molecule has 1 aliphatic rings. The van der Waals surface area contributed by atoms with Crippen LogP contribution >= 0.6 is 11.3 Å². The minimum absolute atomic E-state index is 0.0290. The number of rotatable bonds is 6. The second-order valence-corrected chi connectivity index (χ2v) is 6.27. The van der Waals surface area contributed by atoms with Crippen LogP contribution in [0.25, 0.3) is 0 Å². The number of aryl methyl sites for hydroxylation is 1. The van der Waals surface area contributed by atoms with Crippen molar-refractivity contribution < 1.29 is 14.3 Å². The number of thiophene rings is 1. The van der Waals surface area contributed by atoms with Crippen LogP contribution in [0.5, 0.6) is 5.88 Å². The lowest BCUT2D eigenvalue weighted by molar-refractivity contribution is -0.124. The molecule has 122 valence electrons. The molecule has 5 nitrogen and oxygen atoms in total. The number of ether oxygens (including phenoxy) is 2. The van der Waals surface area contributed by atoms with Crippen LogP contribution < -0.4 is 10.1 Å². The van der Waals surface area contributed by atoms with Crippen LogP contribution in [0.2, 0.25) is 0 Å². The molecule has 1 N–H and O–H groups in total. The quantitative estimate of drug-likeness (QED) is 0.882. The first kappa shape index (κ1) is 16.0. The minimum atomic E-state index is -0.138. The van der Waals surface area contributed by atoms with Gasteiger partial charge in [0.1, 0.15) is 6.10 Å². The molecule has 1 fully saturated rings. The van der Waals surface area contributed by atoms with Crippen molar-refractivity contribution in [2.75, 3.05) is 13.2 Å². The van der Waals surface area contributed by atoms with E-state index in [-0.39, 0.29) is 18.1 Å². The second kappa shape index (κ2) is 8.08. The fourth-order valence-corrected chi connectivity index (χ4v) is 3.24. The van der Waals surface area contributed by atoms with Gasteiger partial charge in [-0.3, -0.25) is 4.79 Å². The van der Waals surface area contributed by atoms with Gasteiger partial charge < -0.3 is 14.8 Å². The number of aromatic nitrogens is 1.